The van der Waals surface area contributed by atoms with Gasteiger partial charge in [0.2, 0.25) is 0 Å². The van der Waals surface area contributed by atoms with Crippen molar-refractivity contribution in [2.45, 2.75) is 6.92 Å². The van der Waals surface area contributed by atoms with Crippen LogP contribution in [-0.4, -0.2) is 19.6 Å². The Morgan fingerprint density at radius 2 is 1.95 bits per heavy atom. The monoisotopic (exact) mass is 383 g/mol. The molecule has 0 heterocycles. The zero-order valence-corrected chi connectivity index (χ0v) is 14.5. The summed E-state index contributed by atoms with van der Waals surface area (Å²) >= 11 is 9.43. The van der Waals surface area contributed by atoms with Crippen molar-refractivity contribution in [3.63, 3.8) is 0 Å². The molecule has 4 nitrogen and oxygen atoms in total. The van der Waals surface area contributed by atoms with Crippen molar-refractivity contribution in [1.82, 2.24) is 0 Å². The van der Waals surface area contributed by atoms with Crippen LogP contribution in [0.1, 0.15) is 17.3 Å². The number of amides is 1. The number of methoxy groups -OCH3 is 1. The van der Waals surface area contributed by atoms with Crippen LogP contribution in [0.3, 0.4) is 0 Å². The van der Waals surface area contributed by atoms with Crippen LogP contribution in [0.15, 0.2) is 40.9 Å². The van der Waals surface area contributed by atoms with Gasteiger partial charge in [-0.15, -0.1) is 0 Å². The fourth-order valence-corrected chi connectivity index (χ4v) is 2.61. The molecule has 116 valence electrons. The first-order chi connectivity index (χ1) is 10.5. The van der Waals surface area contributed by atoms with Crippen LogP contribution in [0, 0.1) is 0 Å². The van der Waals surface area contributed by atoms with Crippen molar-refractivity contribution in [3.8, 4) is 11.5 Å². The van der Waals surface area contributed by atoms with Crippen molar-refractivity contribution in [2.75, 3.05) is 19.0 Å². The van der Waals surface area contributed by atoms with Crippen molar-refractivity contribution in [3.05, 3.63) is 51.5 Å². The Hall–Kier alpha value is -1.72. The largest absolute Gasteiger partial charge is 0.495 e. The second kappa shape index (κ2) is 7.51. The number of hydrogen-bond donors (Lipinski definition) is 1. The van der Waals surface area contributed by atoms with Gasteiger partial charge in [0.25, 0.3) is 5.91 Å². The minimum absolute atomic E-state index is 0.231. The summed E-state index contributed by atoms with van der Waals surface area (Å²) < 4.78 is 11.2. The van der Waals surface area contributed by atoms with E-state index in [2.05, 4.69) is 21.2 Å². The minimum atomic E-state index is -0.231. The second-order valence-corrected chi connectivity index (χ2v) is 5.64. The number of nitrogens with one attached hydrogen (secondary N) is 1. The Kier molecular flexibility index (Phi) is 5.69. The van der Waals surface area contributed by atoms with E-state index < -0.39 is 0 Å². The average Bonchev–Trinajstić information content (AvgIpc) is 2.49. The Morgan fingerprint density at radius 1 is 1.23 bits per heavy atom. The molecule has 0 fully saturated rings. The van der Waals surface area contributed by atoms with Gasteiger partial charge in [-0.05, 0) is 59.3 Å². The maximum absolute atomic E-state index is 12.3. The predicted molar refractivity (Wildman–Crippen MR) is 91.3 cm³/mol. The van der Waals surface area contributed by atoms with Crippen molar-refractivity contribution < 1.29 is 14.3 Å². The smallest absolute Gasteiger partial charge is 0.255 e. The summed E-state index contributed by atoms with van der Waals surface area (Å²) in [6.07, 6.45) is 0. The number of carbonyl (C=O) groups is 1. The van der Waals surface area contributed by atoms with E-state index in [0.717, 1.165) is 4.47 Å². The van der Waals surface area contributed by atoms with Crippen LogP contribution >= 0.6 is 27.5 Å². The van der Waals surface area contributed by atoms with Crippen LogP contribution in [0.5, 0.6) is 11.5 Å². The molecule has 0 bridgehead atoms. The van der Waals surface area contributed by atoms with Gasteiger partial charge < -0.3 is 14.8 Å². The highest BCUT2D eigenvalue weighted by Crippen LogP contribution is 2.29. The number of ether oxygens (including phenoxy) is 2. The van der Waals surface area contributed by atoms with E-state index in [-0.39, 0.29) is 5.91 Å². The van der Waals surface area contributed by atoms with E-state index in [1.54, 1.807) is 36.4 Å². The van der Waals surface area contributed by atoms with Gasteiger partial charge in [-0.25, -0.2) is 0 Å². The predicted octanol–water partition coefficient (Wildman–Crippen LogP) is 4.76. The van der Waals surface area contributed by atoms with E-state index in [9.17, 15) is 4.79 Å². The maximum atomic E-state index is 12.3. The number of hydrogen-bond acceptors (Lipinski definition) is 3. The average molecular weight is 385 g/mol. The molecule has 0 unspecified atom stereocenters. The Bertz CT molecular complexity index is 691. The molecule has 0 radical (unpaired) electrons. The lowest BCUT2D eigenvalue weighted by atomic mass is 10.2. The molecular weight excluding hydrogens is 370 g/mol. The number of anilines is 1. The Labute approximate surface area is 142 Å². The molecule has 0 spiro atoms. The highest BCUT2D eigenvalue weighted by atomic mass is 79.9. The van der Waals surface area contributed by atoms with Crippen LogP contribution in [0.4, 0.5) is 5.69 Å². The van der Waals surface area contributed by atoms with E-state index >= 15 is 0 Å². The Morgan fingerprint density at radius 3 is 2.55 bits per heavy atom. The van der Waals surface area contributed by atoms with E-state index in [0.29, 0.717) is 34.4 Å². The van der Waals surface area contributed by atoms with Crippen molar-refractivity contribution >= 4 is 39.1 Å². The van der Waals surface area contributed by atoms with Gasteiger partial charge >= 0.3 is 0 Å². The van der Waals surface area contributed by atoms with Crippen molar-refractivity contribution in [2.24, 2.45) is 0 Å². The summed E-state index contributed by atoms with van der Waals surface area (Å²) in [4.78, 5) is 12.3. The molecule has 0 aliphatic rings. The molecule has 0 aliphatic carbocycles. The second-order valence-electron chi connectivity index (χ2n) is 4.38. The standard InChI is InChI=1S/C16H15BrClNO3/c1-3-22-14-6-4-10(8-12(14)17)16(20)19-11-5-7-15(21-2)13(18)9-11/h4-9H,3H2,1-2H3,(H,19,20). The summed E-state index contributed by atoms with van der Waals surface area (Å²) in [5.41, 5.74) is 1.11. The zero-order chi connectivity index (χ0) is 16.1. The molecule has 2 aromatic carbocycles. The molecule has 0 saturated carbocycles. The van der Waals surface area contributed by atoms with Crippen molar-refractivity contribution in [1.29, 1.82) is 0 Å². The van der Waals surface area contributed by atoms with Gasteiger partial charge in [0, 0.05) is 11.3 Å². The highest BCUT2D eigenvalue weighted by molar-refractivity contribution is 9.10. The number of halogens is 2. The summed E-state index contributed by atoms with van der Waals surface area (Å²) in [6, 6.07) is 10.2. The number of carbonyl (C=O) groups excluding carboxylic acids is 1. The number of benzene rings is 2. The van der Waals surface area contributed by atoms with Crippen LogP contribution < -0.4 is 14.8 Å². The molecular formula is C16H15BrClNO3. The highest BCUT2D eigenvalue weighted by Gasteiger charge is 2.10. The molecule has 6 heteroatoms. The molecule has 0 aliphatic heterocycles. The topological polar surface area (TPSA) is 47.6 Å². The van der Waals surface area contributed by atoms with Crippen LogP contribution in [0.25, 0.3) is 0 Å². The van der Waals surface area contributed by atoms with Gasteiger partial charge in [0.1, 0.15) is 11.5 Å². The lowest BCUT2D eigenvalue weighted by molar-refractivity contribution is 0.102. The lowest BCUT2D eigenvalue weighted by Crippen LogP contribution is -2.12. The van der Waals surface area contributed by atoms with E-state index in [4.69, 9.17) is 21.1 Å². The molecule has 0 atom stereocenters. The summed E-state index contributed by atoms with van der Waals surface area (Å²) in [5.74, 6) is 1.03. The van der Waals surface area contributed by atoms with E-state index in [1.165, 1.54) is 7.11 Å². The molecule has 2 rings (SSSR count). The van der Waals surface area contributed by atoms with Crippen LogP contribution in [-0.2, 0) is 0 Å². The first kappa shape index (κ1) is 16.6. The summed E-state index contributed by atoms with van der Waals surface area (Å²) in [5, 5.41) is 3.23. The van der Waals surface area contributed by atoms with Gasteiger partial charge in [0.05, 0.1) is 23.2 Å². The quantitative estimate of drug-likeness (QED) is 0.808. The minimum Gasteiger partial charge on any atom is -0.495 e. The maximum Gasteiger partial charge on any atom is 0.255 e. The molecule has 1 N–H and O–H groups in total. The third kappa shape index (κ3) is 3.93. The molecule has 1 amide bonds. The normalized spacial score (nSPS) is 10.2. The molecule has 2 aromatic rings. The number of rotatable bonds is 5. The Balaban J connectivity index is 2.15. The molecule has 22 heavy (non-hydrogen) atoms. The van der Waals surface area contributed by atoms with Gasteiger partial charge in [-0.3, -0.25) is 4.79 Å². The van der Waals surface area contributed by atoms with Gasteiger partial charge in [-0.2, -0.15) is 0 Å². The third-order valence-corrected chi connectivity index (χ3v) is 3.82. The first-order valence-electron chi connectivity index (χ1n) is 6.62. The fraction of sp³-hybridized carbons (Fsp3) is 0.188. The lowest BCUT2D eigenvalue weighted by Gasteiger charge is -2.10. The van der Waals surface area contributed by atoms with E-state index in [1.807, 2.05) is 6.92 Å². The summed E-state index contributed by atoms with van der Waals surface area (Å²) in [7, 11) is 1.54. The summed E-state index contributed by atoms with van der Waals surface area (Å²) in [6.45, 7) is 2.47. The first-order valence-corrected chi connectivity index (χ1v) is 7.79. The fourth-order valence-electron chi connectivity index (χ4n) is 1.86. The van der Waals surface area contributed by atoms with Crippen LogP contribution in [0.2, 0.25) is 5.02 Å². The SMILES string of the molecule is CCOc1ccc(C(=O)Nc2ccc(OC)c(Cl)c2)cc1Br. The molecule has 0 saturated heterocycles. The third-order valence-electron chi connectivity index (χ3n) is 2.90. The van der Waals surface area contributed by atoms with Gasteiger partial charge in [-0.1, -0.05) is 11.6 Å². The molecule has 0 aromatic heterocycles. The zero-order valence-electron chi connectivity index (χ0n) is 12.2. The van der Waals surface area contributed by atoms with Gasteiger partial charge in [0.15, 0.2) is 0 Å².